The Morgan fingerprint density at radius 3 is 2.53 bits per heavy atom. The molecule has 0 atom stereocenters. The first kappa shape index (κ1) is 11.1. The molecule has 0 bridgehead atoms. The van der Waals surface area contributed by atoms with E-state index in [9.17, 15) is 9.59 Å². The first-order valence-corrected chi connectivity index (χ1v) is 5.14. The molecule has 0 spiro atoms. The van der Waals surface area contributed by atoms with Gasteiger partial charge in [0.05, 0.1) is 12.1 Å². The highest BCUT2D eigenvalue weighted by Gasteiger charge is 2.03. The van der Waals surface area contributed by atoms with Crippen LogP contribution in [0.4, 0.5) is 0 Å². The molecular weight excluding hydrogens is 218 g/mol. The third kappa shape index (κ3) is 2.42. The standard InChI is InChI=1S/C13H11NO3/c15-9-12-2-1-7-14(12)11-5-3-10(4-6-11)8-13(16)17/h1-7,9H,8H2,(H,16,17). The van der Waals surface area contributed by atoms with E-state index in [0.29, 0.717) is 5.69 Å². The maximum absolute atomic E-state index is 10.8. The van der Waals surface area contributed by atoms with Crippen LogP contribution in [0.1, 0.15) is 16.1 Å². The third-order valence-electron chi connectivity index (χ3n) is 2.47. The van der Waals surface area contributed by atoms with Crippen molar-refractivity contribution in [2.45, 2.75) is 6.42 Å². The largest absolute Gasteiger partial charge is 0.481 e. The van der Waals surface area contributed by atoms with Crippen LogP contribution in [0.2, 0.25) is 0 Å². The molecule has 17 heavy (non-hydrogen) atoms. The molecule has 4 nitrogen and oxygen atoms in total. The third-order valence-corrected chi connectivity index (χ3v) is 2.47. The molecule has 0 saturated heterocycles. The number of aliphatic carboxylic acids is 1. The van der Waals surface area contributed by atoms with E-state index in [1.54, 1.807) is 47.2 Å². The van der Waals surface area contributed by atoms with Crippen molar-refractivity contribution in [3.05, 3.63) is 53.9 Å². The zero-order valence-corrected chi connectivity index (χ0v) is 9.04. The fourth-order valence-electron chi connectivity index (χ4n) is 1.67. The molecule has 1 aromatic heterocycles. The number of hydrogen-bond donors (Lipinski definition) is 1. The Bertz CT molecular complexity index is 540. The minimum absolute atomic E-state index is 0.00644. The first-order chi connectivity index (χ1) is 8.20. The van der Waals surface area contributed by atoms with Gasteiger partial charge in [0.1, 0.15) is 0 Å². The van der Waals surface area contributed by atoms with Crippen molar-refractivity contribution in [2.24, 2.45) is 0 Å². The molecule has 2 rings (SSSR count). The normalized spacial score (nSPS) is 10.1. The molecule has 0 fully saturated rings. The molecule has 0 unspecified atom stereocenters. The van der Waals surface area contributed by atoms with E-state index in [2.05, 4.69) is 0 Å². The van der Waals surface area contributed by atoms with Gasteiger partial charge in [-0.25, -0.2) is 0 Å². The summed E-state index contributed by atoms with van der Waals surface area (Å²) in [4.78, 5) is 21.3. The Hall–Kier alpha value is -2.36. The van der Waals surface area contributed by atoms with E-state index < -0.39 is 5.97 Å². The van der Waals surface area contributed by atoms with Crippen molar-refractivity contribution < 1.29 is 14.7 Å². The Kier molecular flexibility index (Phi) is 3.05. The van der Waals surface area contributed by atoms with Crippen LogP contribution in [0.5, 0.6) is 0 Å². The van der Waals surface area contributed by atoms with Gasteiger partial charge >= 0.3 is 5.97 Å². The lowest BCUT2D eigenvalue weighted by Crippen LogP contribution is -2.01. The van der Waals surface area contributed by atoms with Gasteiger partial charge in [0.25, 0.3) is 0 Å². The second-order valence-electron chi connectivity index (χ2n) is 3.66. The monoisotopic (exact) mass is 229 g/mol. The lowest BCUT2D eigenvalue weighted by molar-refractivity contribution is -0.136. The van der Waals surface area contributed by atoms with Gasteiger partial charge in [-0.2, -0.15) is 0 Å². The number of nitrogens with zero attached hydrogens (tertiary/aromatic N) is 1. The minimum atomic E-state index is -0.854. The van der Waals surface area contributed by atoms with Crippen molar-refractivity contribution in [3.8, 4) is 5.69 Å². The fourth-order valence-corrected chi connectivity index (χ4v) is 1.67. The number of rotatable bonds is 4. The van der Waals surface area contributed by atoms with Crippen LogP contribution in [-0.4, -0.2) is 21.9 Å². The average Bonchev–Trinajstić information content (AvgIpc) is 2.77. The molecule has 0 aliphatic carbocycles. The van der Waals surface area contributed by atoms with Gasteiger partial charge in [0.15, 0.2) is 6.29 Å². The summed E-state index contributed by atoms with van der Waals surface area (Å²) in [5.41, 5.74) is 2.14. The lowest BCUT2D eigenvalue weighted by Gasteiger charge is -2.06. The Labute approximate surface area is 98.1 Å². The zero-order valence-electron chi connectivity index (χ0n) is 9.04. The van der Waals surface area contributed by atoms with Crippen LogP contribution in [-0.2, 0) is 11.2 Å². The molecule has 1 aromatic carbocycles. The Morgan fingerprint density at radius 1 is 1.24 bits per heavy atom. The van der Waals surface area contributed by atoms with Crippen LogP contribution in [0.3, 0.4) is 0 Å². The Morgan fingerprint density at radius 2 is 1.94 bits per heavy atom. The van der Waals surface area contributed by atoms with Crippen molar-refractivity contribution in [3.63, 3.8) is 0 Å². The molecule has 4 heteroatoms. The van der Waals surface area contributed by atoms with Gasteiger partial charge in [-0.05, 0) is 29.8 Å². The van der Waals surface area contributed by atoms with Crippen LogP contribution >= 0.6 is 0 Å². The lowest BCUT2D eigenvalue weighted by atomic mass is 10.1. The molecule has 2 aromatic rings. The summed E-state index contributed by atoms with van der Waals surface area (Å²) in [5, 5.41) is 8.65. The summed E-state index contributed by atoms with van der Waals surface area (Å²) < 4.78 is 1.75. The second-order valence-corrected chi connectivity index (χ2v) is 3.66. The Balaban J connectivity index is 2.29. The van der Waals surface area contributed by atoms with Gasteiger partial charge in [-0.3, -0.25) is 9.59 Å². The minimum Gasteiger partial charge on any atom is -0.481 e. The SMILES string of the molecule is O=Cc1cccn1-c1ccc(CC(=O)O)cc1. The summed E-state index contributed by atoms with van der Waals surface area (Å²) in [6, 6.07) is 10.6. The summed E-state index contributed by atoms with van der Waals surface area (Å²) in [6.45, 7) is 0. The van der Waals surface area contributed by atoms with Crippen molar-refractivity contribution >= 4 is 12.3 Å². The number of benzene rings is 1. The quantitative estimate of drug-likeness (QED) is 0.815. The predicted molar refractivity (Wildman–Crippen MR) is 62.5 cm³/mol. The highest BCUT2D eigenvalue weighted by Crippen LogP contribution is 2.13. The maximum Gasteiger partial charge on any atom is 0.307 e. The first-order valence-electron chi connectivity index (χ1n) is 5.14. The number of aromatic nitrogens is 1. The van der Waals surface area contributed by atoms with E-state index in [0.717, 1.165) is 17.5 Å². The molecule has 0 amide bonds. The van der Waals surface area contributed by atoms with Crippen molar-refractivity contribution in [1.29, 1.82) is 0 Å². The van der Waals surface area contributed by atoms with Crippen LogP contribution < -0.4 is 0 Å². The summed E-state index contributed by atoms with van der Waals surface area (Å²) in [7, 11) is 0. The van der Waals surface area contributed by atoms with Crippen LogP contribution in [0.15, 0.2) is 42.6 Å². The number of carbonyl (C=O) groups is 2. The molecular formula is C13H11NO3. The molecule has 0 radical (unpaired) electrons. The highest BCUT2D eigenvalue weighted by molar-refractivity contribution is 5.74. The van der Waals surface area contributed by atoms with Gasteiger partial charge in [0.2, 0.25) is 0 Å². The van der Waals surface area contributed by atoms with Crippen LogP contribution in [0, 0.1) is 0 Å². The zero-order chi connectivity index (χ0) is 12.3. The molecule has 0 saturated carbocycles. The molecule has 1 heterocycles. The van der Waals surface area contributed by atoms with Gasteiger partial charge in [-0.1, -0.05) is 12.1 Å². The van der Waals surface area contributed by atoms with Crippen molar-refractivity contribution in [1.82, 2.24) is 4.57 Å². The summed E-state index contributed by atoms with van der Waals surface area (Å²) in [6.07, 6.45) is 2.58. The number of aldehydes is 1. The number of carbonyl (C=O) groups excluding carboxylic acids is 1. The number of carboxylic acid groups (broad SMARTS) is 1. The van der Waals surface area contributed by atoms with Crippen molar-refractivity contribution in [2.75, 3.05) is 0 Å². The van der Waals surface area contributed by atoms with E-state index in [4.69, 9.17) is 5.11 Å². The fraction of sp³-hybridized carbons (Fsp3) is 0.0769. The van der Waals surface area contributed by atoms with E-state index in [1.807, 2.05) is 0 Å². The smallest absolute Gasteiger partial charge is 0.307 e. The molecule has 86 valence electrons. The average molecular weight is 229 g/mol. The molecule has 1 N–H and O–H groups in total. The summed E-state index contributed by atoms with van der Waals surface area (Å²) >= 11 is 0. The predicted octanol–water partition coefficient (Wildman–Crippen LogP) is 1.92. The maximum atomic E-state index is 10.8. The topological polar surface area (TPSA) is 59.3 Å². The van der Waals surface area contributed by atoms with Gasteiger partial charge < -0.3 is 9.67 Å². The molecule has 0 aliphatic rings. The van der Waals surface area contributed by atoms with E-state index in [1.165, 1.54) is 0 Å². The summed E-state index contributed by atoms with van der Waals surface area (Å²) in [5.74, 6) is -0.854. The highest BCUT2D eigenvalue weighted by atomic mass is 16.4. The number of carboxylic acids is 1. The molecule has 0 aliphatic heterocycles. The van der Waals surface area contributed by atoms with E-state index >= 15 is 0 Å². The van der Waals surface area contributed by atoms with Gasteiger partial charge in [-0.15, -0.1) is 0 Å². The van der Waals surface area contributed by atoms with E-state index in [-0.39, 0.29) is 6.42 Å². The number of hydrogen-bond acceptors (Lipinski definition) is 2. The van der Waals surface area contributed by atoms with Crippen LogP contribution in [0.25, 0.3) is 5.69 Å². The van der Waals surface area contributed by atoms with Gasteiger partial charge in [0, 0.05) is 11.9 Å². The second kappa shape index (κ2) is 4.65.